The summed E-state index contributed by atoms with van der Waals surface area (Å²) in [6, 6.07) is 0. The lowest BCUT2D eigenvalue weighted by atomic mass is 10.5. The van der Waals surface area contributed by atoms with Gasteiger partial charge in [-0.15, -0.1) is 12.4 Å². The molecule has 1 aliphatic rings. The van der Waals surface area contributed by atoms with Crippen molar-refractivity contribution in [1.82, 2.24) is 4.31 Å². The third-order valence-corrected chi connectivity index (χ3v) is 1.39. The second-order valence-electron chi connectivity index (χ2n) is 1.57. The van der Waals surface area contributed by atoms with Crippen LogP contribution in [-0.2, 0) is 4.74 Å². The van der Waals surface area contributed by atoms with E-state index in [1.807, 2.05) is 4.31 Å². The van der Waals surface area contributed by atoms with Crippen LogP contribution in [-0.4, -0.2) is 30.6 Å². The standard InChI is InChI=1S/C4H9NOS.ClH/c7-5-1-3-6-4-2-5;/h7H,1-4H2;1H. The van der Waals surface area contributed by atoms with Gasteiger partial charge in [0.2, 0.25) is 0 Å². The van der Waals surface area contributed by atoms with Gasteiger partial charge in [0.25, 0.3) is 0 Å². The third-order valence-electron chi connectivity index (χ3n) is 0.987. The highest BCUT2D eigenvalue weighted by molar-refractivity contribution is 7.77. The quantitative estimate of drug-likeness (QED) is 0.514. The van der Waals surface area contributed by atoms with Gasteiger partial charge in [0.05, 0.1) is 13.2 Å². The van der Waals surface area contributed by atoms with Gasteiger partial charge in [-0.2, -0.15) is 0 Å². The van der Waals surface area contributed by atoms with Crippen LogP contribution in [0.4, 0.5) is 0 Å². The zero-order chi connectivity index (χ0) is 5.11. The molecule has 0 amide bonds. The number of ether oxygens (including phenoxy) is 1. The number of hydrogen-bond donors (Lipinski definition) is 1. The van der Waals surface area contributed by atoms with Crippen LogP contribution < -0.4 is 0 Å². The molecule has 1 fully saturated rings. The highest BCUT2D eigenvalue weighted by Crippen LogP contribution is 1.97. The molecular weight excluding hydrogens is 146 g/mol. The first-order chi connectivity index (χ1) is 3.39. The Kier molecular flexibility index (Phi) is 4.75. The average molecular weight is 156 g/mol. The van der Waals surface area contributed by atoms with Gasteiger partial charge in [-0.25, -0.2) is 4.31 Å². The number of nitrogens with zero attached hydrogens (tertiary/aromatic N) is 1. The van der Waals surface area contributed by atoms with Gasteiger partial charge in [0, 0.05) is 13.1 Å². The zero-order valence-corrected chi connectivity index (χ0v) is 6.25. The van der Waals surface area contributed by atoms with E-state index in [2.05, 4.69) is 12.8 Å². The molecule has 0 bridgehead atoms. The fourth-order valence-electron chi connectivity index (χ4n) is 0.554. The summed E-state index contributed by atoms with van der Waals surface area (Å²) in [6.45, 7) is 3.60. The lowest BCUT2D eigenvalue weighted by Gasteiger charge is -2.19. The van der Waals surface area contributed by atoms with Crippen LogP contribution in [0, 0.1) is 0 Å². The fourth-order valence-corrected chi connectivity index (χ4v) is 0.717. The van der Waals surface area contributed by atoms with Gasteiger partial charge in [-0.1, -0.05) is 12.8 Å². The maximum absolute atomic E-state index is 5.05. The predicted octanol–water partition coefficient (Wildman–Crippen LogP) is 0.585. The summed E-state index contributed by atoms with van der Waals surface area (Å²) in [6.07, 6.45) is 0. The Labute approximate surface area is 61.1 Å². The molecular formula is C4H10ClNOS. The van der Waals surface area contributed by atoms with Crippen LogP contribution in [0.2, 0.25) is 0 Å². The molecule has 0 atom stereocenters. The van der Waals surface area contributed by atoms with Gasteiger partial charge < -0.3 is 4.74 Å². The summed E-state index contributed by atoms with van der Waals surface area (Å²) in [4.78, 5) is 0. The number of halogens is 1. The molecule has 50 valence electrons. The van der Waals surface area contributed by atoms with Crippen LogP contribution in [0.25, 0.3) is 0 Å². The minimum absolute atomic E-state index is 0. The second-order valence-corrected chi connectivity index (χ2v) is 2.13. The van der Waals surface area contributed by atoms with Crippen molar-refractivity contribution in [2.24, 2.45) is 0 Å². The van der Waals surface area contributed by atoms with Crippen molar-refractivity contribution in [1.29, 1.82) is 0 Å². The molecule has 0 aromatic carbocycles. The summed E-state index contributed by atoms with van der Waals surface area (Å²) in [5.74, 6) is 0. The van der Waals surface area contributed by atoms with E-state index < -0.39 is 0 Å². The summed E-state index contributed by atoms with van der Waals surface area (Å²) in [7, 11) is 0. The van der Waals surface area contributed by atoms with Crippen molar-refractivity contribution in [3.8, 4) is 0 Å². The SMILES string of the molecule is Cl.SN1CCOCC1. The average Bonchev–Trinajstić information content (AvgIpc) is 1.69. The smallest absolute Gasteiger partial charge is 0.0603 e. The Morgan fingerprint density at radius 1 is 1.25 bits per heavy atom. The first-order valence-electron chi connectivity index (χ1n) is 2.41. The first-order valence-corrected chi connectivity index (χ1v) is 2.81. The van der Waals surface area contributed by atoms with Crippen LogP contribution in [0.15, 0.2) is 0 Å². The van der Waals surface area contributed by atoms with Gasteiger partial charge in [-0.3, -0.25) is 0 Å². The molecule has 0 aromatic rings. The van der Waals surface area contributed by atoms with Crippen molar-refractivity contribution in [3.63, 3.8) is 0 Å². The van der Waals surface area contributed by atoms with E-state index >= 15 is 0 Å². The fraction of sp³-hybridized carbons (Fsp3) is 1.00. The molecule has 0 saturated carbocycles. The number of thiol groups is 1. The lowest BCUT2D eigenvalue weighted by Crippen LogP contribution is -2.28. The topological polar surface area (TPSA) is 12.5 Å². The molecule has 8 heavy (non-hydrogen) atoms. The van der Waals surface area contributed by atoms with Crippen molar-refractivity contribution < 1.29 is 4.74 Å². The van der Waals surface area contributed by atoms with E-state index in [4.69, 9.17) is 4.74 Å². The predicted molar refractivity (Wildman–Crippen MR) is 38.6 cm³/mol. The Morgan fingerprint density at radius 2 is 1.75 bits per heavy atom. The lowest BCUT2D eigenvalue weighted by molar-refractivity contribution is 0.0781. The molecule has 0 radical (unpaired) electrons. The molecule has 2 nitrogen and oxygen atoms in total. The molecule has 4 heteroatoms. The Bertz CT molecular complexity index is 58.0. The molecule has 0 aliphatic carbocycles. The summed E-state index contributed by atoms with van der Waals surface area (Å²) in [5.41, 5.74) is 0. The summed E-state index contributed by atoms with van der Waals surface area (Å²) in [5, 5.41) is 0. The van der Waals surface area contributed by atoms with E-state index in [0.717, 1.165) is 26.3 Å². The molecule has 0 N–H and O–H groups in total. The van der Waals surface area contributed by atoms with Crippen LogP contribution in [0.3, 0.4) is 0 Å². The normalized spacial score (nSPS) is 22.1. The Morgan fingerprint density at radius 3 is 2.00 bits per heavy atom. The molecule has 1 saturated heterocycles. The third kappa shape index (κ3) is 2.77. The van der Waals surface area contributed by atoms with Crippen molar-refractivity contribution in [2.75, 3.05) is 26.3 Å². The molecule has 1 heterocycles. The second kappa shape index (κ2) is 4.44. The first kappa shape index (κ1) is 8.56. The van der Waals surface area contributed by atoms with Crippen LogP contribution in [0.5, 0.6) is 0 Å². The van der Waals surface area contributed by atoms with E-state index in [1.165, 1.54) is 0 Å². The minimum Gasteiger partial charge on any atom is -0.379 e. The molecule has 0 spiro atoms. The van der Waals surface area contributed by atoms with Crippen LogP contribution in [0.1, 0.15) is 0 Å². The number of hydrogen-bond acceptors (Lipinski definition) is 3. The highest BCUT2D eigenvalue weighted by atomic mass is 35.5. The summed E-state index contributed by atoms with van der Waals surface area (Å²) >= 11 is 4.11. The molecule has 0 unspecified atom stereocenters. The van der Waals surface area contributed by atoms with Gasteiger partial charge >= 0.3 is 0 Å². The number of morpholine rings is 1. The maximum atomic E-state index is 5.05. The van der Waals surface area contributed by atoms with Gasteiger partial charge in [0.1, 0.15) is 0 Å². The molecule has 1 rings (SSSR count). The van der Waals surface area contributed by atoms with Crippen LogP contribution >= 0.6 is 25.2 Å². The van der Waals surface area contributed by atoms with Gasteiger partial charge in [-0.05, 0) is 0 Å². The van der Waals surface area contributed by atoms with E-state index in [1.54, 1.807) is 0 Å². The highest BCUT2D eigenvalue weighted by Gasteiger charge is 2.03. The van der Waals surface area contributed by atoms with Crippen molar-refractivity contribution >= 4 is 25.2 Å². The Balaban J connectivity index is 0.000000490. The van der Waals surface area contributed by atoms with E-state index in [9.17, 15) is 0 Å². The monoisotopic (exact) mass is 155 g/mol. The zero-order valence-electron chi connectivity index (χ0n) is 4.54. The summed E-state index contributed by atoms with van der Waals surface area (Å²) < 4.78 is 7.01. The van der Waals surface area contributed by atoms with E-state index in [0.29, 0.717) is 0 Å². The molecule has 1 aliphatic heterocycles. The molecule has 0 aromatic heterocycles. The minimum atomic E-state index is 0. The van der Waals surface area contributed by atoms with Gasteiger partial charge in [0.15, 0.2) is 0 Å². The maximum Gasteiger partial charge on any atom is 0.0603 e. The largest absolute Gasteiger partial charge is 0.379 e. The number of rotatable bonds is 0. The Hall–Kier alpha value is 0.560. The van der Waals surface area contributed by atoms with E-state index in [-0.39, 0.29) is 12.4 Å². The van der Waals surface area contributed by atoms with Crippen molar-refractivity contribution in [3.05, 3.63) is 0 Å². The van der Waals surface area contributed by atoms with Crippen molar-refractivity contribution in [2.45, 2.75) is 0 Å².